The van der Waals surface area contributed by atoms with Gasteiger partial charge < -0.3 is 10.6 Å². The molecule has 88 valence electrons. The lowest BCUT2D eigenvalue weighted by Crippen LogP contribution is -1.93. The van der Waals surface area contributed by atoms with E-state index in [0.29, 0.717) is 0 Å². The van der Waals surface area contributed by atoms with Crippen molar-refractivity contribution in [2.75, 3.05) is 24.7 Å². The zero-order valence-corrected chi connectivity index (χ0v) is 10.3. The van der Waals surface area contributed by atoms with E-state index in [0.717, 1.165) is 17.8 Å². The molecule has 0 saturated carbocycles. The third-order valence-corrected chi connectivity index (χ3v) is 2.87. The van der Waals surface area contributed by atoms with Gasteiger partial charge in [0.25, 0.3) is 0 Å². The molecule has 0 atom stereocenters. The summed E-state index contributed by atoms with van der Waals surface area (Å²) in [6, 6.07) is 17.1. The van der Waals surface area contributed by atoms with Crippen molar-refractivity contribution >= 4 is 11.4 Å². The minimum absolute atomic E-state index is 0.972. The first-order valence-electron chi connectivity index (χ1n) is 5.85. The number of nitrogens with one attached hydrogen (secondary N) is 2. The van der Waals surface area contributed by atoms with Gasteiger partial charge in [0.2, 0.25) is 0 Å². The fourth-order valence-electron chi connectivity index (χ4n) is 1.86. The van der Waals surface area contributed by atoms with Crippen molar-refractivity contribution < 1.29 is 0 Å². The van der Waals surface area contributed by atoms with Crippen LogP contribution in [0.1, 0.15) is 11.1 Å². The molecule has 0 fully saturated rings. The van der Waals surface area contributed by atoms with Crippen molar-refractivity contribution in [2.24, 2.45) is 0 Å². The molecule has 2 heteroatoms. The maximum absolute atomic E-state index is 3.16. The summed E-state index contributed by atoms with van der Waals surface area (Å²) in [7, 11) is 3.88. The van der Waals surface area contributed by atoms with Gasteiger partial charge in [0.05, 0.1) is 0 Å². The standard InChI is InChI=1S/C15H18N2/c1-16-14-8-6-12(7-9-14)10-13-4-3-5-15(11-13)17-2/h3-9,11,16-17H,10H2,1-2H3. The van der Waals surface area contributed by atoms with Gasteiger partial charge in [0.15, 0.2) is 0 Å². The van der Waals surface area contributed by atoms with Gasteiger partial charge in [-0.25, -0.2) is 0 Å². The predicted molar refractivity (Wildman–Crippen MR) is 74.8 cm³/mol. The van der Waals surface area contributed by atoms with Crippen LogP contribution in [0.15, 0.2) is 48.5 Å². The largest absolute Gasteiger partial charge is 0.388 e. The molecule has 2 rings (SSSR count). The summed E-state index contributed by atoms with van der Waals surface area (Å²) >= 11 is 0. The summed E-state index contributed by atoms with van der Waals surface area (Å²) in [5, 5.41) is 6.29. The van der Waals surface area contributed by atoms with Crippen LogP contribution < -0.4 is 10.6 Å². The third kappa shape index (κ3) is 3.00. The van der Waals surface area contributed by atoms with Gasteiger partial charge in [0.1, 0.15) is 0 Å². The first kappa shape index (κ1) is 11.5. The van der Waals surface area contributed by atoms with E-state index < -0.39 is 0 Å². The Morgan fingerprint density at radius 3 is 2.12 bits per heavy atom. The maximum Gasteiger partial charge on any atom is 0.0340 e. The second-order valence-electron chi connectivity index (χ2n) is 4.07. The molecule has 0 aliphatic rings. The second-order valence-corrected chi connectivity index (χ2v) is 4.07. The Bertz CT molecular complexity index is 475. The number of hydrogen-bond donors (Lipinski definition) is 2. The molecule has 0 saturated heterocycles. The number of anilines is 2. The topological polar surface area (TPSA) is 24.1 Å². The van der Waals surface area contributed by atoms with Crippen molar-refractivity contribution in [3.8, 4) is 0 Å². The highest BCUT2D eigenvalue weighted by Crippen LogP contribution is 2.16. The van der Waals surface area contributed by atoms with Crippen molar-refractivity contribution in [3.63, 3.8) is 0 Å². The van der Waals surface area contributed by atoms with Gasteiger partial charge in [-0.05, 0) is 41.8 Å². The van der Waals surface area contributed by atoms with E-state index in [4.69, 9.17) is 0 Å². The molecular formula is C15H18N2. The highest BCUT2D eigenvalue weighted by molar-refractivity contribution is 5.48. The smallest absolute Gasteiger partial charge is 0.0340 e. The Labute approximate surface area is 103 Å². The Morgan fingerprint density at radius 1 is 0.765 bits per heavy atom. The fraction of sp³-hybridized carbons (Fsp3) is 0.200. The first-order valence-corrected chi connectivity index (χ1v) is 5.85. The van der Waals surface area contributed by atoms with E-state index in [2.05, 4.69) is 59.2 Å². The molecule has 17 heavy (non-hydrogen) atoms. The fourth-order valence-corrected chi connectivity index (χ4v) is 1.86. The zero-order valence-electron chi connectivity index (χ0n) is 10.3. The van der Waals surface area contributed by atoms with Gasteiger partial charge in [-0.3, -0.25) is 0 Å². The summed E-state index contributed by atoms with van der Waals surface area (Å²) in [4.78, 5) is 0. The SMILES string of the molecule is CNc1ccc(Cc2cccc(NC)c2)cc1. The maximum atomic E-state index is 3.16. The lowest BCUT2D eigenvalue weighted by Gasteiger charge is -2.06. The van der Waals surface area contributed by atoms with E-state index in [1.165, 1.54) is 11.1 Å². The van der Waals surface area contributed by atoms with Crippen molar-refractivity contribution in [3.05, 3.63) is 59.7 Å². The van der Waals surface area contributed by atoms with E-state index in [1.807, 2.05) is 14.1 Å². The monoisotopic (exact) mass is 226 g/mol. The summed E-state index contributed by atoms with van der Waals surface area (Å²) in [6.45, 7) is 0. The quantitative estimate of drug-likeness (QED) is 0.835. The average molecular weight is 226 g/mol. The normalized spacial score (nSPS) is 10.0. The summed E-state index contributed by atoms with van der Waals surface area (Å²) in [5.41, 5.74) is 4.97. The molecule has 0 spiro atoms. The number of hydrogen-bond acceptors (Lipinski definition) is 2. The van der Waals surface area contributed by atoms with Crippen molar-refractivity contribution in [1.29, 1.82) is 0 Å². The first-order chi connectivity index (χ1) is 8.31. The Kier molecular flexibility index (Phi) is 3.66. The Balaban J connectivity index is 2.13. The van der Waals surface area contributed by atoms with Crippen LogP contribution >= 0.6 is 0 Å². The van der Waals surface area contributed by atoms with Gasteiger partial charge in [-0.2, -0.15) is 0 Å². The molecule has 2 N–H and O–H groups in total. The van der Waals surface area contributed by atoms with E-state index in [1.54, 1.807) is 0 Å². The van der Waals surface area contributed by atoms with E-state index >= 15 is 0 Å². The molecule has 2 aromatic rings. The second kappa shape index (κ2) is 5.39. The molecule has 0 aromatic heterocycles. The minimum Gasteiger partial charge on any atom is -0.388 e. The van der Waals surface area contributed by atoms with Crippen LogP contribution in [0, 0.1) is 0 Å². The molecule has 0 radical (unpaired) electrons. The number of rotatable bonds is 4. The molecule has 2 nitrogen and oxygen atoms in total. The Hall–Kier alpha value is -1.96. The minimum atomic E-state index is 0.972. The molecule has 0 heterocycles. The molecule has 0 amide bonds. The Morgan fingerprint density at radius 2 is 1.47 bits per heavy atom. The zero-order chi connectivity index (χ0) is 12.1. The van der Waals surface area contributed by atoms with Gasteiger partial charge in [-0.1, -0.05) is 24.3 Å². The molecular weight excluding hydrogens is 208 g/mol. The van der Waals surface area contributed by atoms with Crippen molar-refractivity contribution in [1.82, 2.24) is 0 Å². The highest BCUT2D eigenvalue weighted by atomic mass is 14.8. The highest BCUT2D eigenvalue weighted by Gasteiger charge is 1.97. The van der Waals surface area contributed by atoms with Gasteiger partial charge in [0, 0.05) is 25.5 Å². The lowest BCUT2D eigenvalue weighted by molar-refractivity contribution is 1.19. The lowest BCUT2D eigenvalue weighted by atomic mass is 10.0. The van der Waals surface area contributed by atoms with Crippen LogP contribution in [-0.2, 0) is 6.42 Å². The van der Waals surface area contributed by atoms with Crippen LogP contribution in [0.3, 0.4) is 0 Å². The molecule has 0 aliphatic carbocycles. The van der Waals surface area contributed by atoms with Crippen LogP contribution in [0.2, 0.25) is 0 Å². The van der Waals surface area contributed by atoms with Crippen LogP contribution in [0.25, 0.3) is 0 Å². The van der Waals surface area contributed by atoms with E-state index in [-0.39, 0.29) is 0 Å². The third-order valence-electron chi connectivity index (χ3n) is 2.87. The molecule has 2 aromatic carbocycles. The number of benzene rings is 2. The van der Waals surface area contributed by atoms with Gasteiger partial charge >= 0.3 is 0 Å². The summed E-state index contributed by atoms with van der Waals surface area (Å²) in [6.07, 6.45) is 0.972. The van der Waals surface area contributed by atoms with Crippen LogP contribution in [-0.4, -0.2) is 14.1 Å². The summed E-state index contributed by atoms with van der Waals surface area (Å²) < 4.78 is 0. The van der Waals surface area contributed by atoms with Crippen LogP contribution in [0.4, 0.5) is 11.4 Å². The van der Waals surface area contributed by atoms with Crippen LogP contribution in [0.5, 0.6) is 0 Å². The predicted octanol–water partition coefficient (Wildman–Crippen LogP) is 3.36. The molecule has 0 unspecified atom stereocenters. The van der Waals surface area contributed by atoms with Crippen molar-refractivity contribution in [2.45, 2.75) is 6.42 Å². The molecule has 0 aliphatic heterocycles. The molecule has 0 bridgehead atoms. The summed E-state index contributed by atoms with van der Waals surface area (Å²) in [5.74, 6) is 0. The average Bonchev–Trinajstić information content (AvgIpc) is 2.40. The van der Waals surface area contributed by atoms with E-state index in [9.17, 15) is 0 Å². The van der Waals surface area contributed by atoms with Gasteiger partial charge in [-0.15, -0.1) is 0 Å².